The summed E-state index contributed by atoms with van der Waals surface area (Å²) in [7, 11) is 0. The van der Waals surface area contributed by atoms with E-state index in [-0.39, 0.29) is 11.8 Å². The number of hydrogen-bond acceptors (Lipinski definition) is 2. The number of aryl methyl sites for hydroxylation is 1. The summed E-state index contributed by atoms with van der Waals surface area (Å²) in [4.78, 5) is 23.0. The van der Waals surface area contributed by atoms with Gasteiger partial charge < -0.3 is 10.4 Å². The lowest BCUT2D eigenvalue weighted by Gasteiger charge is -2.32. The number of carbonyl (C=O) groups is 2. The number of benzene rings is 1. The number of rotatable bonds is 4. The van der Waals surface area contributed by atoms with E-state index in [0.717, 1.165) is 12.8 Å². The number of carboxylic acids is 1. The fraction of sp³-hybridized carbons (Fsp3) is 0.500. The molecule has 2 N–H and O–H groups in total. The van der Waals surface area contributed by atoms with Gasteiger partial charge in [-0.15, -0.1) is 0 Å². The zero-order valence-corrected chi connectivity index (χ0v) is 11.3. The van der Waals surface area contributed by atoms with E-state index < -0.39 is 11.9 Å². The van der Waals surface area contributed by atoms with Crippen molar-refractivity contribution in [2.75, 3.05) is 6.54 Å². The minimum atomic E-state index is -0.845. The fourth-order valence-electron chi connectivity index (χ4n) is 3.32. The van der Waals surface area contributed by atoms with Crippen LogP contribution in [0.25, 0.3) is 0 Å². The van der Waals surface area contributed by atoms with Gasteiger partial charge >= 0.3 is 5.97 Å². The maximum Gasteiger partial charge on any atom is 0.307 e. The van der Waals surface area contributed by atoms with E-state index in [1.807, 2.05) is 12.1 Å². The number of amides is 1. The fourth-order valence-corrected chi connectivity index (χ4v) is 3.32. The topological polar surface area (TPSA) is 66.4 Å². The molecule has 2 aliphatic rings. The van der Waals surface area contributed by atoms with Gasteiger partial charge in [0.25, 0.3) is 0 Å². The molecule has 3 unspecified atom stereocenters. The van der Waals surface area contributed by atoms with Gasteiger partial charge in [0, 0.05) is 12.5 Å². The molecule has 2 aliphatic carbocycles. The third-order valence-corrected chi connectivity index (χ3v) is 4.71. The number of aliphatic carboxylic acids is 1. The van der Waals surface area contributed by atoms with Crippen LogP contribution in [0.1, 0.15) is 36.3 Å². The lowest BCUT2D eigenvalue weighted by molar-refractivity contribution is -0.152. The summed E-state index contributed by atoms with van der Waals surface area (Å²) in [6.45, 7) is 0.624. The molecular weight excluding hydrogens is 254 g/mol. The lowest BCUT2D eigenvalue weighted by atomic mass is 9.73. The minimum Gasteiger partial charge on any atom is -0.481 e. The molecule has 1 fully saturated rings. The monoisotopic (exact) mass is 273 g/mol. The van der Waals surface area contributed by atoms with Gasteiger partial charge in [0.05, 0.1) is 11.8 Å². The number of carbonyl (C=O) groups excluding carboxylic acids is 1. The van der Waals surface area contributed by atoms with Crippen molar-refractivity contribution in [1.29, 1.82) is 0 Å². The summed E-state index contributed by atoms with van der Waals surface area (Å²) >= 11 is 0. The van der Waals surface area contributed by atoms with Crippen molar-refractivity contribution in [2.24, 2.45) is 11.8 Å². The predicted octanol–water partition coefficient (Wildman–Crippen LogP) is 1.94. The molecule has 3 rings (SSSR count). The maximum absolute atomic E-state index is 12.0. The van der Waals surface area contributed by atoms with E-state index >= 15 is 0 Å². The van der Waals surface area contributed by atoms with Gasteiger partial charge in [-0.25, -0.2) is 0 Å². The Hall–Kier alpha value is -1.84. The smallest absolute Gasteiger partial charge is 0.307 e. The average Bonchev–Trinajstić information content (AvgIpc) is 2.77. The molecule has 0 aliphatic heterocycles. The van der Waals surface area contributed by atoms with Crippen LogP contribution in [0.3, 0.4) is 0 Å². The highest BCUT2D eigenvalue weighted by Crippen LogP contribution is 2.35. The zero-order chi connectivity index (χ0) is 14.1. The third kappa shape index (κ3) is 2.30. The molecule has 1 amide bonds. The van der Waals surface area contributed by atoms with E-state index in [2.05, 4.69) is 17.4 Å². The highest BCUT2D eigenvalue weighted by Gasteiger charge is 2.41. The molecule has 0 radical (unpaired) electrons. The Balaban J connectivity index is 1.56. The molecule has 0 saturated heterocycles. The van der Waals surface area contributed by atoms with Crippen LogP contribution < -0.4 is 5.32 Å². The summed E-state index contributed by atoms with van der Waals surface area (Å²) in [5, 5.41) is 11.9. The van der Waals surface area contributed by atoms with Crippen LogP contribution in [-0.4, -0.2) is 23.5 Å². The first-order valence-corrected chi connectivity index (χ1v) is 7.25. The SMILES string of the molecule is O=C(O)C1CCC1C(=O)NCC1CCc2ccccc21. The van der Waals surface area contributed by atoms with E-state index in [0.29, 0.717) is 25.3 Å². The largest absolute Gasteiger partial charge is 0.481 e. The molecule has 20 heavy (non-hydrogen) atoms. The van der Waals surface area contributed by atoms with E-state index in [1.165, 1.54) is 11.1 Å². The lowest BCUT2D eigenvalue weighted by Crippen LogP contribution is -2.44. The molecule has 3 atom stereocenters. The van der Waals surface area contributed by atoms with Gasteiger partial charge in [0.2, 0.25) is 5.91 Å². The average molecular weight is 273 g/mol. The van der Waals surface area contributed by atoms with Crippen molar-refractivity contribution in [3.05, 3.63) is 35.4 Å². The molecular formula is C16H19NO3. The maximum atomic E-state index is 12.0. The van der Waals surface area contributed by atoms with E-state index in [9.17, 15) is 9.59 Å². The van der Waals surface area contributed by atoms with Crippen LogP contribution in [-0.2, 0) is 16.0 Å². The van der Waals surface area contributed by atoms with E-state index in [1.54, 1.807) is 0 Å². The molecule has 0 heterocycles. The van der Waals surface area contributed by atoms with Crippen molar-refractivity contribution >= 4 is 11.9 Å². The second-order valence-electron chi connectivity index (χ2n) is 5.81. The zero-order valence-electron chi connectivity index (χ0n) is 11.3. The third-order valence-electron chi connectivity index (χ3n) is 4.71. The molecule has 1 aromatic carbocycles. The highest BCUT2D eigenvalue weighted by atomic mass is 16.4. The first kappa shape index (κ1) is 13.2. The summed E-state index contributed by atoms with van der Waals surface area (Å²) in [6.07, 6.45) is 3.45. The van der Waals surface area contributed by atoms with Crippen molar-refractivity contribution in [3.8, 4) is 0 Å². The number of fused-ring (bicyclic) bond motifs is 1. The van der Waals surface area contributed by atoms with Gasteiger partial charge in [-0.2, -0.15) is 0 Å². The number of hydrogen-bond donors (Lipinski definition) is 2. The van der Waals surface area contributed by atoms with Crippen LogP contribution in [0, 0.1) is 11.8 Å². The Labute approximate surface area is 118 Å². The van der Waals surface area contributed by atoms with Crippen LogP contribution in [0.4, 0.5) is 0 Å². The van der Waals surface area contributed by atoms with Gasteiger partial charge in [-0.1, -0.05) is 24.3 Å². The molecule has 4 heteroatoms. The quantitative estimate of drug-likeness (QED) is 0.881. The normalized spacial score (nSPS) is 27.5. The Morgan fingerprint density at radius 1 is 1.15 bits per heavy atom. The Kier molecular flexibility index (Phi) is 3.47. The van der Waals surface area contributed by atoms with Crippen LogP contribution >= 0.6 is 0 Å². The predicted molar refractivity (Wildman–Crippen MR) is 74.4 cm³/mol. The summed E-state index contributed by atoms with van der Waals surface area (Å²) in [5.74, 6) is -1.37. The summed E-state index contributed by atoms with van der Waals surface area (Å²) in [6, 6.07) is 8.35. The second-order valence-corrected chi connectivity index (χ2v) is 5.81. The molecule has 0 bridgehead atoms. The standard InChI is InChI=1S/C16H19NO3/c18-15(13-7-8-14(13)16(19)20)17-9-11-6-5-10-3-1-2-4-12(10)11/h1-4,11,13-14H,5-9H2,(H,17,18)(H,19,20). The van der Waals surface area contributed by atoms with Crippen molar-refractivity contribution < 1.29 is 14.7 Å². The molecule has 1 aromatic rings. The first-order valence-electron chi connectivity index (χ1n) is 7.25. The molecule has 1 saturated carbocycles. The summed E-state index contributed by atoms with van der Waals surface area (Å²) in [5.41, 5.74) is 2.70. The molecule has 0 aromatic heterocycles. The van der Waals surface area contributed by atoms with Crippen molar-refractivity contribution in [3.63, 3.8) is 0 Å². The Morgan fingerprint density at radius 2 is 1.90 bits per heavy atom. The van der Waals surface area contributed by atoms with Crippen molar-refractivity contribution in [1.82, 2.24) is 5.32 Å². The Morgan fingerprint density at radius 3 is 2.60 bits per heavy atom. The van der Waals surface area contributed by atoms with Gasteiger partial charge in [0.1, 0.15) is 0 Å². The Bertz CT molecular complexity index is 540. The molecule has 0 spiro atoms. The van der Waals surface area contributed by atoms with Crippen LogP contribution in [0.15, 0.2) is 24.3 Å². The van der Waals surface area contributed by atoms with E-state index in [4.69, 9.17) is 5.11 Å². The van der Waals surface area contributed by atoms with Crippen LogP contribution in [0.2, 0.25) is 0 Å². The van der Waals surface area contributed by atoms with Gasteiger partial charge in [-0.05, 0) is 36.8 Å². The number of carboxylic acid groups (broad SMARTS) is 1. The first-order chi connectivity index (χ1) is 9.66. The van der Waals surface area contributed by atoms with Crippen molar-refractivity contribution in [2.45, 2.75) is 31.6 Å². The van der Waals surface area contributed by atoms with Gasteiger partial charge in [-0.3, -0.25) is 9.59 Å². The molecule has 4 nitrogen and oxygen atoms in total. The van der Waals surface area contributed by atoms with Gasteiger partial charge in [0.15, 0.2) is 0 Å². The summed E-state index contributed by atoms with van der Waals surface area (Å²) < 4.78 is 0. The second kappa shape index (κ2) is 5.27. The minimum absolute atomic E-state index is 0.0898. The number of nitrogens with one attached hydrogen (secondary N) is 1. The molecule has 106 valence electrons. The highest BCUT2D eigenvalue weighted by molar-refractivity contribution is 5.86. The van der Waals surface area contributed by atoms with Crippen LogP contribution in [0.5, 0.6) is 0 Å².